The molecule has 1 aliphatic rings. The van der Waals surface area contributed by atoms with Crippen molar-refractivity contribution >= 4 is 39.3 Å². The highest BCUT2D eigenvalue weighted by Crippen LogP contribution is 2.25. The molecule has 3 rings (SSSR count). The average molecular weight is 349 g/mol. The summed E-state index contributed by atoms with van der Waals surface area (Å²) >= 11 is 3.11. The zero-order valence-electron chi connectivity index (χ0n) is 10.8. The van der Waals surface area contributed by atoms with Crippen molar-refractivity contribution in [1.82, 2.24) is 4.90 Å². The lowest BCUT2D eigenvalue weighted by Gasteiger charge is -2.04. The summed E-state index contributed by atoms with van der Waals surface area (Å²) in [4.78, 5) is 36.7. The smallest absolute Gasteiger partial charge is 0.261 e. The number of amides is 3. The van der Waals surface area contributed by atoms with E-state index in [1.807, 2.05) is 0 Å². The minimum Gasteiger partial charge on any atom is -0.457 e. The van der Waals surface area contributed by atoms with Gasteiger partial charge in [-0.15, -0.1) is 0 Å². The minimum absolute atomic E-state index is 0.286. The van der Waals surface area contributed by atoms with Crippen molar-refractivity contribution in [3.8, 4) is 0 Å². The molecule has 7 heteroatoms. The molecule has 0 unspecified atom stereocenters. The molecule has 1 aliphatic heterocycles. The van der Waals surface area contributed by atoms with Crippen LogP contribution in [0.5, 0.6) is 0 Å². The van der Waals surface area contributed by atoms with Crippen molar-refractivity contribution in [3.63, 3.8) is 0 Å². The van der Waals surface area contributed by atoms with Crippen LogP contribution in [-0.4, -0.2) is 29.7 Å². The molecule has 1 aromatic carbocycles. The van der Waals surface area contributed by atoms with Crippen molar-refractivity contribution in [2.24, 2.45) is 0 Å². The molecule has 6 nitrogen and oxygen atoms in total. The molecule has 0 radical (unpaired) electrons. The normalized spacial score (nSPS) is 13.5. The van der Waals surface area contributed by atoms with Gasteiger partial charge in [0.1, 0.15) is 6.26 Å². The Kier molecular flexibility index (Phi) is 3.13. The summed E-state index contributed by atoms with van der Waals surface area (Å²) in [5.41, 5.74) is 1.41. The Morgan fingerprint density at radius 2 is 1.90 bits per heavy atom. The Bertz CT molecular complexity index is 781. The van der Waals surface area contributed by atoms with Crippen LogP contribution in [0, 0.1) is 0 Å². The summed E-state index contributed by atoms with van der Waals surface area (Å²) in [6.07, 6.45) is 1.31. The number of anilines is 1. The molecule has 0 saturated carbocycles. The average Bonchev–Trinajstić information content (AvgIpc) is 2.98. The lowest BCUT2D eigenvalue weighted by atomic mass is 10.1. The zero-order valence-corrected chi connectivity index (χ0v) is 12.4. The standard InChI is InChI=1S/C14H9BrN2O4/c1-17-13(19)9-3-2-8(5-10(9)14(17)20)16-12(18)7-4-11(15)21-6-7/h2-6H,1H3,(H,16,18). The number of imide groups is 1. The van der Waals surface area contributed by atoms with Gasteiger partial charge in [0.15, 0.2) is 4.67 Å². The first-order valence-corrected chi connectivity index (χ1v) is 6.78. The molecule has 1 N–H and O–H groups in total. The molecule has 1 aromatic heterocycles. The fraction of sp³-hybridized carbons (Fsp3) is 0.0714. The van der Waals surface area contributed by atoms with E-state index in [-0.39, 0.29) is 23.3 Å². The molecular weight excluding hydrogens is 340 g/mol. The number of carbonyl (C=O) groups excluding carboxylic acids is 3. The molecule has 2 aromatic rings. The largest absolute Gasteiger partial charge is 0.457 e. The third-order valence-electron chi connectivity index (χ3n) is 3.18. The van der Waals surface area contributed by atoms with Gasteiger partial charge >= 0.3 is 0 Å². The quantitative estimate of drug-likeness (QED) is 0.845. The van der Waals surface area contributed by atoms with E-state index in [4.69, 9.17) is 4.42 Å². The lowest BCUT2D eigenvalue weighted by molar-refractivity contribution is 0.0692. The van der Waals surface area contributed by atoms with Crippen LogP contribution in [0.15, 0.2) is 39.6 Å². The van der Waals surface area contributed by atoms with Gasteiger partial charge in [-0.1, -0.05) is 0 Å². The van der Waals surface area contributed by atoms with Gasteiger partial charge in [0.2, 0.25) is 0 Å². The summed E-state index contributed by atoms with van der Waals surface area (Å²) < 4.78 is 5.44. The van der Waals surface area contributed by atoms with E-state index in [9.17, 15) is 14.4 Å². The number of benzene rings is 1. The topological polar surface area (TPSA) is 79.6 Å². The van der Waals surface area contributed by atoms with Gasteiger partial charge in [0.25, 0.3) is 17.7 Å². The van der Waals surface area contributed by atoms with Crippen LogP contribution in [0.25, 0.3) is 0 Å². The second-order valence-electron chi connectivity index (χ2n) is 4.52. The number of hydrogen-bond donors (Lipinski definition) is 1. The molecule has 0 saturated heterocycles. The van der Waals surface area contributed by atoms with Crippen LogP contribution in [0.4, 0.5) is 5.69 Å². The second kappa shape index (κ2) is 4.85. The maximum Gasteiger partial charge on any atom is 0.261 e. The SMILES string of the molecule is CN1C(=O)c2ccc(NC(=O)c3coc(Br)c3)cc2C1=O. The Labute approximate surface area is 127 Å². The summed E-state index contributed by atoms with van der Waals surface area (Å²) in [6, 6.07) is 6.13. The van der Waals surface area contributed by atoms with Gasteiger partial charge in [-0.05, 0) is 34.1 Å². The van der Waals surface area contributed by atoms with Crippen molar-refractivity contribution in [2.45, 2.75) is 0 Å². The number of nitrogens with zero attached hydrogens (tertiary/aromatic N) is 1. The van der Waals surface area contributed by atoms with Crippen LogP contribution in [0.2, 0.25) is 0 Å². The van der Waals surface area contributed by atoms with E-state index in [1.165, 1.54) is 31.5 Å². The fourth-order valence-electron chi connectivity index (χ4n) is 2.07. The van der Waals surface area contributed by atoms with E-state index in [0.29, 0.717) is 21.5 Å². The fourth-order valence-corrected chi connectivity index (χ4v) is 2.41. The van der Waals surface area contributed by atoms with Gasteiger partial charge < -0.3 is 9.73 Å². The van der Waals surface area contributed by atoms with Gasteiger partial charge in [-0.3, -0.25) is 19.3 Å². The first kappa shape index (κ1) is 13.6. The van der Waals surface area contributed by atoms with Crippen LogP contribution in [-0.2, 0) is 0 Å². The molecule has 0 fully saturated rings. The third kappa shape index (κ3) is 2.25. The van der Waals surface area contributed by atoms with Crippen molar-refractivity contribution in [1.29, 1.82) is 0 Å². The van der Waals surface area contributed by atoms with Gasteiger partial charge in [-0.2, -0.15) is 0 Å². The van der Waals surface area contributed by atoms with E-state index in [0.717, 1.165) is 4.90 Å². The predicted octanol–water partition coefficient (Wildman–Crippen LogP) is 2.52. The highest BCUT2D eigenvalue weighted by atomic mass is 79.9. The summed E-state index contributed by atoms with van der Waals surface area (Å²) in [7, 11) is 1.42. The first-order chi connectivity index (χ1) is 9.97. The summed E-state index contributed by atoms with van der Waals surface area (Å²) in [5.74, 6) is -1.08. The number of furan rings is 1. The van der Waals surface area contributed by atoms with Gasteiger partial charge in [0, 0.05) is 18.8 Å². The van der Waals surface area contributed by atoms with Crippen LogP contribution in [0.3, 0.4) is 0 Å². The predicted molar refractivity (Wildman–Crippen MR) is 77.2 cm³/mol. The second-order valence-corrected chi connectivity index (χ2v) is 5.30. The Morgan fingerprint density at radius 3 is 2.57 bits per heavy atom. The maximum atomic E-state index is 12.0. The van der Waals surface area contributed by atoms with E-state index in [2.05, 4.69) is 21.2 Å². The zero-order chi connectivity index (χ0) is 15.1. The van der Waals surface area contributed by atoms with Gasteiger partial charge in [0.05, 0.1) is 16.7 Å². The first-order valence-electron chi connectivity index (χ1n) is 5.99. The molecule has 3 amide bonds. The van der Waals surface area contributed by atoms with Crippen LogP contribution >= 0.6 is 15.9 Å². The molecule has 21 heavy (non-hydrogen) atoms. The molecule has 0 spiro atoms. The lowest BCUT2D eigenvalue weighted by Crippen LogP contribution is -2.24. The number of fused-ring (bicyclic) bond motifs is 1. The highest BCUT2D eigenvalue weighted by Gasteiger charge is 2.32. The Balaban J connectivity index is 1.87. The monoisotopic (exact) mass is 348 g/mol. The number of carbonyl (C=O) groups is 3. The number of rotatable bonds is 2. The molecule has 0 bridgehead atoms. The molecule has 0 aliphatic carbocycles. The van der Waals surface area contributed by atoms with Crippen molar-refractivity contribution in [2.75, 3.05) is 12.4 Å². The Morgan fingerprint density at radius 1 is 1.19 bits per heavy atom. The van der Waals surface area contributed by atoms with E-state index >= 15 is 0 Å². The van der Waals surface area contributed by atoms with Crippen LogP contribution < -0.4 is 5.32 Å². The van der Waals surface area contributed by atoms with E-state index < -0.39 is 0 Å². The van der Waals surface area contributed by atoms with Crippen molar-refractivity contribution in [3.05, 3.63) is 51.9 Å². The summed E-state index contributed by atoms with van der Waals surface area (Å²) in [6.45, 7) is 0. The molecule has 0 atom stereocenters. The summed E-state index contributed by atoms with van der Waals surface area (Å²) in [5, 5.41) is 2.65. The highest BCUT2D eigenvalue weighted by molar-refractivity contribution is 9.10. The molecule has 106 valence electrons. The number of nitrogens with one attached hydrogen (secondary N) is 1. The van der Waals surface area contributed by atoms with E-state index in [1.54, 1.807) is 6.07 Å². The maximum absolute atomic E-state index is 12.0. The van der Waals surface area contributed by atoms with Crippen molar-refractivity contribution < 1.29 is 18.8 Å². The minimum atomic E-state index is -0.378. The van der Waals surface area contributed by atoms with Gasteiger partial charge in [-0.25, -0.2) is 0 Å². The Hall–Kier alpha value is -2.41. The molecule has 2 heterocycles. The molecular formula is C14H9BrN2O4. The van der Waals surface area contributed by atoms with Crippen LogP contribution in [0.1, 0.15) is 31.1 Å². The number of hydrogen-bond acceptors (Lipinski definition) is 4. The third-order valence-corrected chi connectivity index (χ3v) is 3.59. The number of halogens is 1.